The smallest absolute Gasteiger partial charge is 0.264 e. The van der Waals surface area contributed by atoms with Gasteiger partial charge in [-0.25, -0.2) is 25.6 Å². The monoisotopic (exact) mass is 438 g/mol. The Morgan fingerprint density at radius 3 is 2.17 bits per heavy atom. The second-order valence-electron chi connectivity index (χ2n) is 6.02. The van der Waals surface area contributed by atoms with Crippen molar-refractivity contribution in [1.29, 1.82) is 0 Å². The van der Waals surface area contributed by atoms with Gasteiger partial charge < -0.3 is 0 Å². The van der Waals surface area contributed by atoms with Gasteiger partial charge in [-0.15, -0.1) is 0 Å². The first-order valence-electron chi connectivity index (χ1n) is 8.23. The van der Waals surface area contributed by atoms with Crippen LogP contribution in [0.2, 0.25) is 0 Å². The number of halogens is 2. The molecule has 1 N–H and O–H groups in total. The third-order valence-electron chi connectivity index (χ3n) is 4.05. The number of hydrogen-bond donors (Lipinski definition) is 1. The normalized spacial score (nSPS) is 11.8. The van der Waals surface area contributed by atoms with Gasteiger partial charge >= 0.3 is 0 Å². The van der Waals surface area contributed by atoms with Crippen LogP contribution in [-0.2, 0) is 20.0 Å². The van der Waals surface area contributed by atoms with Gasteiger partial charge in [-0.1, -0.05) is 24.3 Å². The molecule has 10 heteroatoms. The Bertz CT molecular complexity index is 1250. The van der Waals surface area contributed by atoms with Crippen molar-refractivity contribution in [1.82, 2.24) is 0 Å². The molecule has 3 rings (SSSR count). The Hall–Kier alpha value is -2.98. The first kappa shape index (κ1) is 20.7. The average molecular weight is 438 g/mol. The number of hydrogen-bond acceptors (Lipinski definition) is 4. The molecule has 152 valence electrons. The van der Waals surface area contributed by atoms with E-state index in [0.29, 0.717) is 11.8 Å². The molecule has 3 aromatic rings. The van der Waals surface area contributed by atoms with E-state index >= 15 is 0 Å². The lowest BCUT2D eigenvalue weighted by molar-refractivity contribution is 0.551. The highest BCUT2D eigenvalue weighted by molar-refractivity contribution is 7.93. The van der Waals surface area contributed by atoms with Crippen molar-refractivity contribution in [2.45, 2.75) is 9.79 Å². The van der Waals surface area contributed by atoms with E-state index in [4.69, 9.17) is 0 Å². The predicted octanol–water partition coefficient (Wildman–Crippen LogP) is 3.59. The molecule has 6 nitrogen and oxygen atoms in total. The number of anilines is 2. The standard InChI is InChI=1S/C19H16F2N2O4S2/c1-23(16-7-3-2-4-8-16)29(26,27)17-9-5-6-15(13-17)22-28(24,25)19-11-10-14(20)12-18(19)21/h2-13,22H,1H3. The number of benzene rings is 3. The summed E-state index contributed by atoms with van der Waals surface area (Å²) < 4.78 is 80.6. The van der Waals surface area contributed by atoms with Crippen molar-refractivity contribution in [3.8, 4) is 0 Å². The van der Waals surface area contributed by atoms with Crippen LogP contribution >= 0.6 is 0 Å². The second-order valence-corrected chi connectivity index (χ2v) is 9.64. The fraction of sp³-hybridized carbons (Fsp3) is 0.0526. The van der Waals surface area contributed by atoms with Gasteiger partial charge in [0.25, 0.3) is 20.0 Å². The van der Waals surface area contributed by atoms with Crippen LogP contribution in [0.4, 0.5) is 20.2 Å². The fourth-order valence-electron chi connectivity index (χ4n) is 2.56. The van der Waals surface area contributed by atoms with Crippen LogP contribution in [0.1, 0.15) is 0 Å². The molecule has 0 aliphatic carbocycles. The van der Waals surface area contributed by atoms with Gasteiger partial charge in [-0.3, -0.25) is 9.03 Å². The number of para-hydroxylation sites is 1. The van der Waals surface area contributed by atoms with E-state index in [-0.39, 0.29) is 10.6 Å². The topological polar surface area (TPSA) is 83.6 Å². The third kappa shape index (κ3) is 4.38. The number of rotatable bonds is 6. The maximum atomic E-state index is 13.8. The van der Waals surface area contributed by atoms with Gasteiger partial charge in [0.2, 0.25) is 0 Å². The van der Waals surface area contributed by atoms with E-state index in [9.17, 15) is 25.6 Å². The molecule has 0 aliphatic heterocycles. The summed E-state index contributed by atoms with van der Waals surface area (Å²) in [5.41, 5.74) is 0.336. The van der Waals surface area contributed by atoms with Gasteiger partial charge in [0.15, 0.2) is 0 Å². The molecule has 0 amide bonds. The molecule has 0 unspecified atom stereocenters. The summed E-state index contributed by atoms with van der Waals surface area (Å²) in [5.74, 6) is -2.18. The van der Waals surface area contributed by atoms with Crippen LogP contribution < -0.4 is 9.03 Å². The summed E-state index contributed by atoms with van der Waals surface area (Å²) in [5, 5.41) is 0. The van der Waals surface area contributed by atoms with Gasteiger partial charge in [0.05, 0.1) is 16.3 Å². The highest BCUT2D eigenvalue weighted by Crippen LogP contribution is 2.25. The Morgan fingerprint density at radius 1 is 0.828 bits per heavy atom. The van der Waals surface area contributed by atoms with Crippen molar-refractivity contribution in [3.05, 3.63) is 84.4 Å². The average Bonchev–Trinajstić information content (AvgIpc) is 2.67. The molecule has 3 aromatic carbocycles. The highest BCUT2D eigenvalue weighted by Gasteiger charge is 2.23. The van der Waals surface area contributed by atoms with Crippen LogP contribution in [0.5, 0.6) is 0 Å². The molecule has 29 heavy (non-hydrogen) atoms. The quantitative estimate of drug-likeness (QED) is 0.638. The van der Waals surface area contributed by atoms with E-state index in [0.717, 1.165) is 22.5 Å². The molecular formula is C19H16F2N2O4S2. The molecule has 0 aromatic heterocycles. The lowest BCUT2D eigenvalue weighted by Crippen LogP contribution is -2.26. The summed E-state index contributed by atoms with van der Waals surface area (Å²) in [6, 6.07) is 15.5. The highest BCUT2D eigenvalue weighted by atomic mass is 32.2. The lowest BCUT2D eigenvalue weighted by atomic mass is 10.3. The van der Waals surface area contributed by atoms with Crippen LogP contribution in [0, 0.1) is 11.6 Å². The SMILES string of the molecule is CN(c1ccccc1)S(=O)(=O)c1cccc(NS(=O)(=O)c2ccc(F)cc2F)c1. The van der Waals surface area contributed by atoms with Gasteiger partial charge in [-0.2, -0.15) is 0 Å². The zero-order valence-corrected chi connectivity index (χ0v) is 16.7. The summed E-state index contributed by atoms with van der Waals surface area (Å²) in [6.07, 6.45) is 0. The minimum atomic E-state index is -4.40. The van der Waals surface area contributed by atoms with Crippen molar-refractivity contribution < 1.29 is 25.6 Å². The molecule has 0 bridgehead atoms. The first-order valence-corrected chi connectivity index (χ1v) is 11.2. The Balaban J connectivity index is 1.93. The predicted molar refractivity (Wildman–Crippen MR) is 106 cm³/mol. The third-order valence-corrected chi connectivity index (χ3v) is 7.24. The van der Waals surface area contributed by atoms with Crippen molar-refractivity contribution >= 4 is 31.4 Å². The molecule has 0 radical (unpaired) electrons. The zero-order valence-electron chi connectivity index (χ0n) is 15.1. The molecule has 0 atom stereocenters. The van der Waals surface area contributed by atoms with E-state index in [2.05, 4.69) is 4.72 Å². The summed E-state index contributed by atoms with van der Waals surface area (Å²) in [4.78, 5) is -0.919. The summed E-state index contributed by atoms with van der Waals surface area (Å²) in [6.45, 7) is 0. The van der Waals surface area contributed by atoms with E-state index < -0.39 is 36.6 Å². The molecular weight excluding hydrogens is 422 g/mol. The van der Waals surface area contributed by atoms with E-state index in [1.807, 2.05) is 0 Å². The fourth-order valence-corrected chi connectivity index (χ4v) is 4.91. The van der Waals surface area contributed by atoms with Crippen LogP contribution in [0.25, 0.3) is 0 Å². The maximum absolute atomic E-state index is 13.8. The first-order chi connectivity index (χ1) is 13.6. The van der Waals surface area contributed by atoms with Gasteiger partial charge in [0, 0.05) is 13.1 Å². The van der Waals surface area contributed by atoms with Gasteiger partial charge in [-0.05, 0) is 42.5 Å². The minimum absolute atomic E-state index is 0.0868. The van der Waals surface area contributed by atoms with Crippen LogP contribution in [-0.4, -0.2) is 23.9 Å². The zero-order chi connectivity index (χ0) is 21.2. The lowest BCUT2D eigenvalue weighted by Gasteiger charge is -2.20. The molecule has 0 saturated carbocycles. The van der Waals surface area contributed by atoms with Gasteiger partial charge in [0.1, 0.15) is 16.5 Å². The molecule has 0 heterocycles. The van der Waals surface area contributed by atoms with Crippen molar-refractivity contribution in [2.75, 3.05) is 16.1 Å². The summed E-state index contributed by atoms with van der Waals surface area (Å²) >= 11 is 0. The van der Waals surface area contributed by atoms with E-state index in [1.165, 1.54) is 25.2 Å². The molecule has 0 saturated heterocycles. The van der Waals surface area contributed by atoms with Crippen molar-refractivity contribution in [3.63, 3.8) is 0 Å². The molecule has 0 fully saturated rings. The second kappa shape index (κ2) is 7.80. The number of sulfonamides is 2. The minimum Gasteiger partial charge on any atom is -0.279 e. The van der Waals surface area contributed by atoms with Crippen LogP contribution in [0.15, 0.2) is 82.6 Å². The molecule has 0 aliphatic rings. The van der Waals surface area contributed by atoms with E-state index in [1.54, 1.807) is 30.3 Å². The van der Waals surface area contributed by atoms with Crippen LogP contribution in [0.3, 0.4) is 0 Å². The largest absolute Gasteiger partial charge is 0.279 e. The Morgan fingerprint density at radius 2 is 1.52 bits per heavy atom. The Labute approximate surface area is 167 Å². The summed E-state index contributed by atoms with van der Waals surface area (Å²) in [7, 11) is -7.00. The maximum Gasteiger partial charge on any atom is 0.264 e. The number of nitrogens with one attached hydrogen (secondary N) is 1. The number of nitrogens with zero attached hydrogens (tertiary/aromatic N) is 1. The molecule has 0 spiro atoms. The Kier molecular flexibility index (Phi) is 5.58. The van der Waals surface area contributed by atoms with Crippen molar-refractivity contribution in [2.24, 2.45) is 0 Å².